The number of alkyl halides is 3. The van der Waals surface area contributed by atoms with Gasteiger partial charge in [-0.15, -0.1) is 12.4 Å². The Morgan fingerprint density at radius 3 is 2.43 bits per heavy atom. The minimum absolute atomic E-state index is 0. The van der Waals surface area contributed by atoms with Gasteiger partial charge in [0.1, 0.15) is 5.75 Å². The minimum atomic E-state index is -4.38. The lowest BCUT2D eigenvalue weighted by Gasteiger charge is -2.27. The monoisotopic (exact) mass is 347 g/mol. The molecule has 1 unspecified atom stereocenters. The number of benzene rings is 2. The number of hydrogen-bond acceptors (Lipinski definition) is 4. The smallest absolute Gasteiger partial charge is 0.416 e. The Morgan fingerprint density at radius 1 is 1.09 bits per heavy atom. The lowest BCUT2D eigenvalue weighted by Crippen LogP contribution is -2.34. The van der Waals surface area contributed by atoms with Crippen molar-refractivity contribution in [2.24, 2.45) is 0 Å². The largest absolute Gasteiger partial charge is 0.480 e. The average Bonchev–Trinajstić information content (AvgIpc) is 2.47. The topological polar surface area (TPSA) is 53.7 Å². The number of hydrogen-bond donors (Lipinski definition) is 1. The Bertz CT molecular complexity index is 677. The summed E-state index contributed by atoms with van der Waals surface area (Å²) in [6, 6.07) is 9.43. The third-order valence-corrected chi connectivity index (χ3v) is 3.08. The van der Waals surface area contributed by atoms with E-state index in [9.17, 15) is 13.2 Å². The summed E-state index contributed by atoms with van der Waals surface area (Å²) < 4.78 is 53.9. The summed E-state index contributed by atoms with van der Waals surface area (Å²) in [5.74, 6) is 1.13. The second-order valence-electron chi connectivity index (χ2n) is 4.67. The van der Waals surface area contributed by atoms with Crippen molar-refractivity contribution in [2.75, 3.05) is 12.3 Å². The van der Waals surface area contributed by atoms with Crippen molar-refractivity contribution in [3.05, 3.63) is 48.0 Å². The fourth-order valence-corrected chi connectivity index (χ4v) is 2.04. The average molecular weight is 348 g/mol. The molecule has 0 saturated heterocycles. The fraction of sp³-hybridized carbons (Fsp3) is 0.200. The lowest BCUT2D eigenvalue weighted by atomic mass is 10.2. The lowest BCUT2D eigenvalue weighted by molar-refractivity contribution is -0.137. The van der Waals surface area contributed by atoms with E-state index in [0.717, 1.165) is 12.1 Å². The summed E-state index contributed by atoms with van der Waals surface area (Å²) in [7, 11) is 0. The minimum Gasteiger partial charge on any atom is -0.480 e. The number of nitrogens with two attached hydrogens (primary N) is 1. The number of anilines is 1. The number of rotatable bonds is 2. The molecule has 8 heteroatoms. The molecule has 2 N–H and O–H groups in total. The van der Waals surface area contributed by atoms with Gasteiger partial charge in [0.25, 0.3) is 6.29 Å². The summed E-state index contributed by atoms with van der Waals surface area (Å²) in [4.78, 5) is 0. The van der Waals surface area contributed by atoms with Crippen LogP contribution < -0.4 is 19.9 Å². The molecular formula is C15H13ClF3NO3. The maximum atomic E-state index is 12.5. The van der Waals surface area contributed by atoms with Crippen LogP contribution in [-0.2, 0) is 6.18 Å². The first-order valence-corrected chi connectivity index (χ1v) is 6.45. The van der Waals surface area contributed by atoms with Gasteiger partial charge in [0.15, 0.2) is 18.1 Å². The third-order valence-electron chi connectivity index (χ3n) is 3.08. The normalized spacial score (nSPS) is 16.4. The van der Waals surface area contributed by atoms with Crippen LogP contribution in [0.5, 0.6) is 17.2 Å². The first-order valence-electron chi connectivity index (χ1n) is 6.45. The van der Waals surface area contributed by atoms with Crippen LogP contribution in [0.15, 0.2) is 42.5 Å². The highest BCUT2D eigenvalue weighted by atomic mass is 35.5. The second-order valence-corrected chi connectivity index (χ2v) is 4.67. The van der Waals surface area contributed by atoms with Crippen molar-refractivity contribution in [3.8, 4) is 17.2 Å². The molecule has 0 radical (unpaired) electrons. The number of fused-ring (bicyclic) bond motifs is 1. The first-order chi connectivity index (χ1) is 10.4. The van der Waals surface area contributed by atoms with E-state index in [0.29, 0.717) is 17.2 Å². The first kappa shape index (κ1) is 17.1. The number of para-hydroxylation sites is 1. The Morgan fingerprint density at radius 2 is 1.78 bits per heavy atom. The highest BCUT2D eigenvalue weighted by Gasteiger charge is 2.30. The molecule has 2 aromatic rings. The Balaban J connectivity index is 0.00000192. The molecule has 1 aliphatic rings. The molecule has 0 aromatic heterocycles. The van der Waals surface area contributed by atoms with Crippen molar-refractivity contribution in [1.82, 2.24) is 0 Å². The summed E-state index contributed by atoms with van der Waals surface area (Å²) in [5.41, 5.74) is 5.46. The molecule has 124 valence electrons. The van der Waals surface area contributed by atoms with Gasteiger partial charge in [-0.05, 0) is 36.4 Å². The van der Waals surface area contributed by atoms with Gasteiger partial charge in [0, 0.05) is 0 Å². The molecule has 0 amide bonds. The van der Waals surface area contributed by atoms with Crippen molar-refractivity contribution in [1.29, 1.82) is 0 Å². The van der Waals surface area contributed by atoms with Crippen LogP contribution in [0.2, 0.25) is 0 Å². The van der Waals surface area contributed by atoms with E-state index in [1.54, 1.807) is 18.2 Å². The molecule has 23 heavy (non-hydrogen) atoms. The zero-order valence-electron chi connectivity index (χ0n) is 11.7. The van der Waals surface area contributed by atoms with Gasteiger partial charge >= 0.3 is 6.18 Å². The van der Waals surface area contributed by atoms with Crippen LogP contribution >= 0.6 is 12.4 Å². The van der Waals surface area contributed by atoms with E-state index in [1.165, 1.54) is 12.1 Å². The predicted molar refractivity (Wildman–Crippen MR) is 80.1 cm³/mol. The van der Waals surface area contributed by atoms with Crippen molar-refractivity contribution < 1.29 is 27.4 Å². The van der Waals surface area contributed by atoms with Crippen LogP contribution in [0.1, 0.15) is 5.56 Å². The molecule has 0 aliphatic carbocycles. The molecule has 1 heterocycles. The third kappa shape index (κ3) is 3.73. The molecule has 0 fully saturated rings. The van der Waals surface area contributed by atoms with Crippen molar-refractivity contribution in [2.45, 2.75) is 12.5 Å². The summed E-state index contributed by atoms with van der Waals surface area (Å²) >= 11 is 0. The molecule has 1 atom stereocenters. The summed E-state index contributed by atoms with van der Waals surface area (Å²) in [6.45, 7) is 0.0856. The van der Waals surface area contributed by atoms with Crippen LogP contribution in [0.4, 0.5) is 18.9 Å². The Kier molecular flexibility index (Phi) is 4.79. The molecule has 2 aromatic carbocycles. The van der Waals surface area contributed by atoms with E-state index < -0.39 is 18.0 Å². The van der Waals surface area contributed by atoms with Crippen LogP contribution in [-0.4, -0.2) is 12.9 Å². The van der Waals surface area contributed by atoms with Gasteiger partial charge in [-0.2, -0.15) is 13.2 Å². The SMILES string of the molecule is Cl.Nc1cccc2c1OCC(Oc1ccc(C(F)(F)F)cc1)O2. The van der Waals surface area contributed by atoms with Gasteiger partial charge in [0.2, 0.25) is 0 Å². The van der Waals surface area contributed by atoms with E-state index in [2.05, 4.69) is 0 Å². The number of nitrogen functional groups attached to an aromatic ring is 1. The van der Waals surface area contributed by atoms with Gasteiger partial charge in [-0.1, -0.05) is 6.07 Å². The predicted octanol–water partition coefficient (Wildman–Crippen LogP) is 3.89. The van der Waals surface area contributed by atoms with Gasteiger partial charge in [-0.25, -0.2) is 0 Å². The molecule has 0 saturated carbocycles. The molecular weight excluding hydrogens is 335 g/mol. The molecule has 3 rings (SSSR count). The molecule has 1 aliphatic heterocycles. The van der Waals surface area contributed by atoms with Crippen molar-refractivity contribution in [3.63, 3.8) is 0 Å². The van der Waals surface area contributed by atoms with Crippen LogP contribution in [0.25, 0.3) is 0 Å². The summed E-state index contributed by atoms with van der Waals surface area (Å²) in [5, 5.41) is 0. The van der Waals surface area contributed by atoms with E-state index in [-0.39, 0.29) is 24.8 Å². The fourth-order valence-electron chi connectivity index (χ4n) is 2.04. The molecule has 4 nitrogen and oxygen atoms in total. The zero-order valence-corrected chi connectivity index (χ0v) is 12.5. The van der Waals surface area contributed by atoms with Gasteiger partial charge < -0.3 is 19.9 Å². The van der Waals surface area contributed by atoms with Crippen LogP contribution in [0, 0.1) is 0 Å². The van der Waals surface area contributed by atoms with Crippen LogP contribution in [0.3, 0.4) is 0 Å². The van der Waals surface area contributed by atoms with E-state index in [1.807, 2.05) is 0 Å². The highest BCUT2D eigenvalue weighted by molar-refractivity contribution is 5.85. The zero-order chi connectivity index (χ0) is 15.7. The maximum absolute atomic E-state index is 12.5. The van der Waals surface area contributed by atoms with E-state index >= 15 is 0 Å². The van der Waals surface area contributed by atoms with Crippen molar-refractivity contribution >= 4 is 18.1 Å². The standard InChI is InChI=1S/C15H12F3NO3.ClH/c16-15(17,18)9-4-6-10(7-5-9)21-13-8-20-14-11(19)2-1-3-12(14)22-13;/h1-7,13H,8,19H2;1H. The van der Waals surface area contributed by atoms with Gasteiger partial charge in [-0.3, -0.25) is 0 Å². The Hall–Kier alpha value is -2.28. The number of ether oxygens (including phenoxy) is 3. The number of halogens is 4. The maximum Gasteiger partial charge on any atom is 0.416 e. The Labute approximate surface area is 136 Å². The second kappa shape index (κ2) is 6.45. The molecule has 0 bridgehead atoms. The quantitative estimate of drug-likeness (QED) is 0.837. The highest BCUT2D eigenvalue weighted by Crippen LogP contribution is 2.37. The van der Waals surface area contributed by atoms with E-state index in [4.69, 9.17) is 19.9 Å². The molecule has 0 spiro atoms. The summed E-state index contributed by atoms with van der Waals surface area (Å²) in [6.07, 6.45) is -5.13. The van der Waals surface area contributed by atoms with Gasteiger partial charge in [0.05, 0.1) is 11.3 Å².